The topological polar surface area (TPSA) is 142 Å². The minimum absolute atomic E-state index is 0.0273. The molecule has 2 heterocycles. The molecule has 11 heteroatoms. The number of hydrogen-bond donors (Lipinski definition) is 4. The average molecular weight is 514 g/mol. The SMILES string of the molecule is CC(C)NC(=O)c1ccc2nc(-c3cccc(NS(=O)(=O)NCC4CCC(C(=O)O)CC4)c3)cn2c1. The quantitative estimate of drug-likeness (QED) is 0.346. The van der Waals surface area contributed by atoms with Crippen LogP contribution in [0.3, 0.4) is 0 Å². The summed E-state index contributed by atoms with van der Waals surface area (Å²) < 4.78 is 32.1. The summed E-state index contributed by atoms with van der Waals surface area (Å²) in [6.07, 6.45) is 6.01. The van der Waals surface area contributed by atoms with E-state index in [1.54, 1.807) is 47.1 Å². The third kappa shape index (κ3) is 6.41. The Labute approximate surface area is 210 Å². The van der Waals surface area contributed by atoms with Crippen molar-refractivity contribution in [2.75, 3.05) is 11.3 Å². The van der Waals surface area contributed by atoms with Crippen molar-refractivity contribution in [3.8, 4) is 11.3 Å². The molecule has 3 aromatic rings. The van der Waals surface area contributed by atoms with Crippen LogP contribution in [0.5, 0.6) is 0 Å². The zero-order valence-electron chi connectivity index (χ0n) is 20.3. The third-order valence-electron chi connectivity index (χ3n) is 6.30. The average Bonchev–Trinajstić information content (AvgIpc) is 3.26. The number of fused-ring (bicyclic) bond motifs is 1. The van der Waals surface area contributed by atoms with Crippen LogP contribution in [0.15, 0.2) is 48.8 Å². The van der Waals surface area contributed by atoms with Crippen LogP contribution >= 0.6 is 0 Å². The van der Waals surface area contributed by atoms with E-state index in [2.05, 4.69) is 19.7 Å². The van der Waals surface area contributed by atoms with Crippen LogP contribution in [0, 0.1) is 11.8 Å². The molecule has 192 valence electrons. The number of aliphatic carboxylic acids is 1. The van der Waals surface area contributed by atoms with Gasteiger partial charge in [0.1, 0.15) is 5.65 Å². The van der Waals surface area contributed by atoms with Crippen molar-refractivity contribution < 1.29 is 23.1 Å². The van der Waals surface area contributed by atoms with Crippen LogP contribution in [0.4, 0.5) is 5.69 Å². The maximum absolute atomic E-state index is 12.6. The lowest BCUT2D eigenvalue weighted by Crippen LogP contribution is -2.35. The summed E-state index contributed by atoms with van der Waals surface area (Å²) in [5, 5.41) is 12.0. The van der Waals surface area contributed by atoms with Crippen molar-refractivity contribution in [3.05, 3.63) is 54.4 Å². The summed E-state index contributed by atoms with van der Waals surface area (Å²) >= 11 is 0. The number of carboxylic acid groups (broad SMARTS) is 1. The third-order valence-corrected chi connectivity index (χ3v) is 7.35. The summed E-state index contributed by atoms with van der Waals surface area (Å²) in [5.74, 6) is -1.16. The summed E-state index contributed by atoms with van der Waals surface area (Å²) in [4.78, 5) is 28.0. The normalized spacial score (nSPS) is 18.3. The van der Waals surface area contributed by atoms with E-state index >= 15 is 0 Å². The number of rotatable bonds is 9. The van der Waals surface area contributed by atoms with Gasteiger partial charge in [0.05, 0.1) is 22.9 Å². The lowest BCUT2D eigenvalue weighted by molar-refractivity contribution is -0.143. The molecular weight excluding hydrogens is 482 g/mol. The van der Waals surface area contributed by atoms with Gasteiger partial charge in [0.15, 0.2) is 0 Å². The number of carboxylic acids is 1. The molecule has 0 spiro atoms. The number of carbonyl (C=O) groups excluding carboxylic acids is 1. The Morgan fingerprint density at radius 1 is 1.11 bits per heavy atom. The van der Waals surface area contributed by atoms with Crippen LogP contribution in [0.25, 0.3) is 16.9 Å². The predicted molar refractivity (Wildman–Crippen MR) is 137 cm³/mol. The Morgan fingerprint density at radius 3 is 2.56 bits per heavy atom. The number of amides is 1. The Balaban J connectivity index is 1.41. The van der Waals surface area contributed by atoms with Gasteiger partial charge < -0.3 is 14.8 Å². The van der Waals surface area contributed by atoms with E-state index in [0.29, 0.717) is 48.3 Å². The first kappa shape index (κ1) is 25.6. The molecule has 1 aliphatic rings. The second-order valence-corrected chi connectivity index (χ2v) is 11.0. The summed E-state index contributed by atoms with van der Waals surface area (Å²) in [5.41, 5.74) is 2.93. The molecule has 0 unspecified atom stereocenters. The van der Waals surface area contributed by atoms with Crippen LogP contribution < -0.4 is 14.8 Å². The van der Waals surface area contributed by atoms with Crippen LogP contribution in [0.1, 0.15) is 49.9 Å². The molecular formula is C25H31N5O5S. The number of imidazole rings is 1. The summed E-state index contributed by atoms with van der Waals surface area (Å²) in [7, 11) is -3.80. The number of benzene rings is 1. The highest BCUT2D eigenvalue weighted by molar-refractivity contribution is 7.90. The zero-order valence-corrected chi connectivity index (χ0v) is 21.1. The second kappa shape index (κ2) is 10.7. The van der Waals surface area contributed by atoms with Crippen molar-refractivity contribution >= 4 is 33.4 Å². The highest BCUT2D eigenvalue weighted by Crippen LogP contribution is 2.29. The first-order valence-corrected chi connectivity index (χ1v) is 13.5. The smallest absolute Gasteiger partial charge is 0.306 e. The molecule has 1 amide bonds. The monoisotopic (exact) mass is 513 g/mol. The van der Waals surface area contributed by atoms with Gasteiger partial charge in [-0.3, -0.25) is 14.3 Å². The molecule has 4 N–H and O–H groups in total. The van der Waals surface area contributed by atoms with E-state index in [-0.39, 0.29) is 30.3 Å². The Kier molecular flexibility index (Phi) is 7.60. The maximum atomic E-state index is 12.6. The molecule has 36 heavy (non-hydrogen) atoms. The van der Waals surface area contributed by atoms with E-state index in [1.807, 2.05) is 19.9 Å². The van der Waals surface area contributed by atoms with Gasteiger partial charge in [0.2, 0.25) is 0 Å². The lowest BCUT2D eigenvalue weighted by Gasteiger charge is -2.26. The minimum Gasteiger partial charge on any atom is -0.481 e. The molecule has 0 saturated heterocycles. The molecule has 1 saturated carbocycles. The van der Waals surface area contributed by atoms with Gasteiger partial charge in [-0.05, 0) is 69.7 Å². The number of anilines is 1. The molecule has 1 aliphatic carbocycles. The number of nitrogens with zero attached hydrogens (tertiary/aromatic N) is 2. The number of nitrogens with one attached hydrogen (secondary N) is 3. The molecule has 0 bridgehead atoms. The van der Waals surface area contributed by atoms with Gasteiger partial charge in [0, 0.05) is 30.5 Å². The highest BCUT2D eigenvalue weighted by atomic mass is 32.2. The zero-order chi connectivity index (χ0) is 25.9. The minimum atomic E-state index is -3.80. The molecule has 0 atom stereocenters. The van der Waals surface area contributed by atoms with Crippen molar-refractivity contribution in [2.24, 2.45) is 11.8 Å². The Hall–Kier alpha value is -3.44. The Morgan fingerprint density at radius 2 is 1.86 bits per heavy atom. The van der Waals surface area contributed by atoms with Crippen LogP contribution in [0.2, 0.25) is 0 Å². The van der Waals surface area contributed by atoms with E-state index < -0.39 is 16.2 Å². The molecule has 4 rings (SSSR count). The standard InChI is InChI=1S/C25H31N5O5S/c1-16(2)27-24(31)20-10-11-23-28-22(15-30(23)14-20)19-4-3-5-21(12-19)29-36(34,35)26-13-17-6-8-18(9-7-17)25(32)33/h3-5,10-12,14-18,26,29H,6-9,13H2,1-2H3,(H,27,31)(H,32,33). The number of hydrogen-bond acceptors (Lipinski definition) is 5. The molecule has 0 radical (unpaired) electrons. The highest BCUT2D eigenvalue weighted by Gasteiger charge is 2.26. The fourth-order valence-corrected chi connectivity index (χ4v) is 5.35. The predicted octanol–water partition coefficient (Wildman–Crippen LogP) is 3.28. The van der Waals surface area contributed by atoms with Gasteiger partial charge in [0.25, 0.3) is 16.1 Å². The molecule has 1 aromatic carbocycles. The number of carbonyl (C=O) groups is 2. The maximum Gasteiger partial charge on any atom is 0.306 e. The molecule has 10 nitrogen and oxygen atoms in total. The number of aromatic nitrogens is 2. The van der Waals surface area contributed by atoms with Crippen molar-refractivity contribution in [1.29, 1.82) is 0 Å². The Bertz CT molecular complexity index is 1360. The molecule has 1 fully saturated rings. The van der Waals surface area contributed by atoms with Crippen molar-refractivity contribution in [2.45, 2.75) is 45.6 Å². The summed E-state index contributed by atoms with van der Waals surface area (Å²) in [6, 6.07) is 10.4. The fourth-order valence-electron chi connectivity index (χ4n) is 4.39. The summed E-state index contributed by atoms with van der Waals surface area (Å²) in [6.45, 7) is 4.06. The number of pyridine rings is 1. The second-order valence-electron chi connectivity index (χ2n) is 9.53. The van der Waals surface area contributed by atoms with Crippen molar-refractivity contribution in [1.82, 2.24) is 19.4 Å². The van der Waals surface area contributed by atoms with E-state index in [0.717, 1.165) is 5.56 Å². The van der Waals surface area contributed by atoms with Gasteiger partial charge in [-0.1, -0.05) is 12.1 Å². The van der Waals surface area contributed by atoms with E-state index in [1.165, 1.54) is 0 Å². The molecule has 0 aliphatic heterocycles. The van der Waals surface area contributed by atoms with Gasteiger partial charge >= 0.3 is 5.97 Å². The molecule has 2 aromatic heterocycles. The van der Waals surface area contributed by atoms with E-state index in [9.17, 15) is 18.0 Å². The van der Waals surface area contributed by atoms with Gasteiger partial charge in [-0.15, -0.1) is 0 Å². The van der Waals surface area contributed by atoms with Crippen LogP contribution in [-0.4, -0.2) is 47.4 Å². The lowest BCUT2D eigenvalue weighted by atomic mass is 9.82. The van der Waals surface area contributed by atoms with Gasteiger partial charge in [-0.25, -0.2) is 4.98 Å². The fraction of sp³-hybridized carbons (Fsp3) is 0.400. The first-order valence-electron chi connectivity index (χ1n) is 12.0. The largest absolute Gasteiger partial charge is 0.481 e. The first-order chi connectivity index (χ1) is 17.1. The van der Waals surface area contributed by atoms with Crippen molar-refractivity contribution in [3.63, 3.8) is 0 Å². The van der Waals surface area contributed by atoms with Crippen LogP contribution in [-0.2, 0) is 15.0 Å². The van der Waals surface area contributed by atoms with E-state index in [4.69, 9.17) is 5.11 Å². The van der Waals surface area contributed by atoms with Gasteiger partial charge in [-0.2, -0.15) is 13.1 Å².